The zero-order chi connectivity index (χ0) is 25.0. The maximum absolute atomic E-state index is 15.1. The van der Waals surface area contributed by atoms with Crippen molar-refractivity contribution in [3.05, 3.63) is 101 Å². The van der Waals surface area contributed by atoms with E-state index in [1.54, 1.807) is 36.7 Å². The van der Waals surface area contributed by atoms with Gasteiger partial charge in [-0.05, 0) is 36.3 Å². The molecule has 2 aromatic heterocycles. The van der Waals surface area contributed by atoms with E-state index in [1.807, 2.05) is 38.1 Å². The summed E-state index contributed by atoms with van der Waals surface area (Å²) >= 11 is 0. The highest BCUT2D eigenvalue weighted by molar-refractivity contribution is 6.00. The Hall–Kier alpha value is -4.24. The zero-order valence-electron chi connectivity index (χ0n) is 20.0. The molecule has 2 aromatic carbocycles. The molecule has 4 aromatic rings. The lowest BCUT2D eigenvalue weighted by Crippen LogP contribution is -2.46. The average molecular weight is 475 g/mol. The number of rotatable bonds is 2. The smallest absolute Gasteiger partial charge is 0.226 e. The van der Waals surface area contributed by atoms with Crippen LogP contribution in [0, 0.1) is 24.2 Å². The minimum Gasteiger partial charge on any atom is -0.308 e. The fourth-order valence-electron chi connectivity index (χ4n) is 6.04. The quantitative estimate of drug-likeness (QED) is 0.318. The van der Waals surface area contributed by atoms with Gasteiger partial charge in [-0.2, -0.15) is 0 Å². The van der Waals surface area contributed by atoms with E-state index in [0.29, 0.717) is 23.5 Å². The Morgan fingerprint density at radius 1 is 1.06 bits per heavy atom. The molecule has 6 rings (SSSR count). The molecule has 2 aliphatic carbocycles. The van der Waals surface area contributed by atoms with E-state index in [9.17, 15) is 4.79 Å². The van der Waals surface area contributed by atoms with Gasteiger partial charge in [0.2, 0.25) is 5.70 Å². The molecule has 0 saturated heterocycles. The number of fused-ring (bicyclic) bond motifs is 4. The average Bonchev–Trinajstić information content (AvgIpc) is 2.90. The first kappa shape index (κ1) is 22.2. The van der Waals surface area contributed by atoms with Crippen molar-refractivity contribution >= 4 is 16.6 Å². The number of hydrogen-bond acceptors (Lipinski definition) is 4. The van der Waals surface area contributed by atoms with Gasteiger partial charge < -0.3 is 4.79 Å². The number of nitrogens with zero attached hydrogens (tertiary/aromatic N) is 4. The van der Waals surface area contributed by atoms with Gasteiger partial charge >= 0.3 is 0 Å². The molecule has 5 nitrogen and oxygen atoms in total. The third-order valence-corrected chi connectivity index (χ3v) is 7.86. The predicted molar refractivity (Wildman–Crippen MR) is 136 cm³/mol. The van der Waals surface area contributed by atoms with Gasteiger partial charge in [0, 0.05) is 45.8 Å². The number of allylic oxidation sites excluding steroid dienone is 2. The number of carbonyl (C=O) groups excluding carboxylic acids is 1. The highest BCUT2D eigenvalue weighted by Crippen LogP contribution is 2.51. The summed E-state index contributed by atoms with van der Waals surface area (Å²) in [6.07, 6.45) is 6.69. The second-order valence-electron chi connectivity index (χ2n) is 9.83. The molecule has 0 saturated carbocycles. The van der Waals surface area contributed by atoms with E-state index in [1.165, 1.54) is 6.07 Å². The molecule has 0 radical (unpaired) electrons. The number of benzene rings is 2. The lowest BCUT2D eigenvalue weighted by molar-refractivity contribution is -0.121. The van der Waals surface area contributed by atoms with E-state index in [4.69, 9.17) is 16.5 Å². The van der Waals surface area contributed by atoms with Gasteiger partial charge in [0.05, 0.1) is 18.0 Å². The van der Waals surface area contributed by atoms with E-state index in [2.05, 4.69) is 9.83 Å². The van der Waals surface area contributed by atoms with Gasteiger partial charge in [0.15, 0.2) is 11.6 Å². The van der Waals surface area contributed by atoms with Crippen molar-refractivity contribution in [3.8, 4) is 22.6 Å². The summed E-state index contributed by atoms with van der Waals surface area (Å²) in [5.41, 5.74) is 2.86. The lowest BCUT2D eigenvalue weighted by atomic mass is 9.58. The van der Waals surface area contributed by atoms with Crippen molar-refractivity contribution in [2.45, 2.75) is 32.1 Å². The van der Waals surface area contributed by atoms with Gasteiger partial charge in [0.25, 0.3) is 0 Å². The van der Waals surface area contributed by atoms with Crippen LogP contribution in [0.3, 0.4) is 0 Å². The molecule has 0 N–H and O–H groups in total. The minimum absolute atomic E-state index is 0.00939. The third kappa shape index (κ3) is 3.20. The molecule has 36 heavy (non-hydrogen) atoms. The molecule has 176 valence electrons. The van der Waals surface area contributed by atoms with Crippen LogP contribution in [0.5, 0.6) is 0 Å². The van der Waals surface area contributed by atoms with E-state index >= 15 is 4.39 Å². The van der Waals surface area contributed by atoms with Gasteiger partial charge in [-0.25, -0.2) is 19.2 Å². The Bertz CT molecular complexity index is 1630. The first-order chi connectivity index (χ1) is 17.4. The van der Waals surface area contributed by atoms with Crippen molar-refractivity contribution in [1.82, 2.24) is 15.0 Å². The number of pyridine rings is 1. The first-order valence-corrected chi connectivity index (χ1v) is 12.1. The van der Waals surface area contributed by atoms with Gasteiger partial charge in [0.1, 0.15) is 5.82 Å². The van der Waals surface area contributed by atoms with Crippen molar-refractivity contribution < 1.29 is 9.18 Å². The van der Waals surface area contributed by atoms with E-state index in [0.717, 1.165) is 34.0 Å². The standard InChI is InChI=1S/C30H23FN4O/c1-17-23-13-12-21-26(20-10-6-7-11-24(20)31)34-29(22-16-33-15-18-8-4-5-9-19(18)22)35-28(21)30(23,2)14-25(32-3)27(17)36/h4-11,14-17,23H,12-13H2,1-2H3/t17-,23-,30-/m1/s1. The Balaban J connectivity index is 1.70. The van der Waals surface area contributed by atoms with E-state index < -0.39 is 5.41 Å². The van der Waals surface area contributed by atoms with E-state index in [-0.39, 0.29) is 29.1 Å². The van der Waals surface area contributed by atoms with Gasteiger partial charge in [-0.15, -0.1) is 0 Å². The number of Topliss-reactive ketones (excluding diaryl/α,β-unsaturated/α-hetero) is 1. The summed E-state index contributed by atoms with van der Waals surface area (Å²) in [6.45, 7) is 11.6. The third-order valence-electron chi connectivity index (χ3n) is 7.86. The second kappa shape index (κ2) is 8.17. The molecule has 6 heteroatoms. The summed E-state index contributed by atoms with van der Waals surface area (Å²) in [5, 5.41) is 1.91. The Morgan fingerprint density at radius 2 is 1.83 bits per heavy atom. The maximum atomic E-state index is 15.1. The second-order valence-corrected chi connectivity index (χ2v) is 9.83. The highest BCUT2D eigenvalue weighted by atomic mass is 19.1. The summed E-state index contributed by atoms with van der Waals surface area (Å²) in [5.74, 6) is -0.313. The number of hydrogen-bond donors (Lipinski definition) is 0. The molecule has 2 heterocycles. The molecule has 2 aliphatic rings. The number of halogens is 1. The molecule has 0 fully saturated rings. The molecule has 0 bridgehead atoms. The minimum atomic E-state index is -0.656. The monoisotopic (exact) mass is 474 g/mol. The summed E-state index contributed by atoms with van der Waals surface area (Å²) in [6, 6.07) is 14.5. The molecular weight excluding hydrogens is 451 g/mol. The van der Waals surface area contributed by atoms with Crippen LogP contribution in [0.2, 0.25) is 0 Å². The summed E-state index contributed by atoms with van der Waals surface area (Å²) < 4.78 is 15.1. The number of aromatic nitrogens is 3. The van der Waals surface area contributed by atoms with Crippen LogP contribution in [0.15, 0.2) is 72.7 Å². The Morgan fingerprint density at radius 3 is 2.64 bits per heavy atom. The normalized spacial score (nSPS) is 22.9. The molecule has 0 amide bonds. The van der Waals surface area contributed by atoms with Crippen LogP contribution < -0.4 is 0 Å². The summed E-state index contributed by atoms with van der Waals surface area (Å²) in [4.78, 5) is 30.9. The molecule has 0 aliphatic heterocycles. The van der Waals surface area contributed by atoms with Crippen LogP contribution in [-0.2, 0) is 16.6 Å². The van der Waals surface area contributed by atoms with Crippen molar-refractivity contribution in [1.29, 1.82) is 0 Å². The fourth-order valence-corrected chi connectivity index (χ4v) is 6.04. The predicted octanol–water partition coefficient (Wildman–Crippen LogP) is 6.34. The van der Waals surface area contributed by atoms with Crippen LogP contribution >= 0.6 is 0 Å². The molecular formula is C30H23FN4O. The Labute approximate surface area is 208 Å². The molecule has 0 unspecified atom stereocenters. The Kier molecular flexibility index (Phi) is 5.04. The summed E-state index contributed by atoms with van der Waals surface area (Å²) in [7, 11) is 0. The number of carbonyl (C=O) groups is 1. The zero-order valence-corrected chi connectivity index (χ0v) is 20.0. The van der Waals surface area contributed by atoms with Crippen molar-refractivity contribution in [3.63, 3.8) is 0 Å². The highest BCUT2D eigenvalue weighted by Gasteiger charge is 2.49. The lowest BCUT2D eigenvalue weighted by Gasteiger charge is -2.46. The van der Waals surface area contributed by atoms with Gasteiger partial charge in [-0.1, -0.05) is 56.3 Å². The SMILES string of the molecule is [C-]#[N+]C1=C[C@@]2(C)c3nc(-c4cncc5ccccc45)nc(-c4ccccc4F)c3CC[C@@H]2[C@@H](C)C1=O. The van der Waals surface area contributed by atoms with Crippen LogP contribution in [0.25, 0.3) is 38.3 Å². The number of ketones is 1. The largest absolute Gasteiger partial charge is 0.308 e. The van der Waals surface area contributed by atoms with Crippen molar-refractivity contribution in [2.75, 3.05) is 0 Å². The molecule has 3 atom stereocenters. The maximum Gasteiger partial charge on any atom is 0.226 e. The molecule has 0 spiro atoms. The van der Waals surface area contributed by atoms with Crippen LogP contribution in [-0.4, -0.2) is 20.7 Å². The van der Waals surface area contributed by atoms with Gasteiger partial charge in [-0.3, -0.25) is 4.98 Å². The topological polar surface area (TPSA) is 60.1 Å². The van der Waals surface area contributed by atoms with Crippen molar-refractivity contribution in [2.24, 2.45) is 11.8 Å². The first-order valence-electron chi connectivity index (χ1n) is 12.1. The fraction of sp³-hybridized carbons (Fsp3) is 0.233. The van der Waals surface area contributed by atoms with Crippen LogP contribution in [0.1, 0.15) is 31.5 Å². The van der Waals surface area contributed by atoms with Crippen LogP contribution in [0.4, 0.5) is 4.39 Å².